The summed E-state index contributed by atoms with van der Waals surface area (Å²) in [5.74, 6) is 1.40. The summed E-state index contributed by atoms with van der Waals surface area (Å²) in [4.78, 5) is 31.7. The van der Waals surface area contributed by atoms with E-state index in [-0.39, 0.29) is 19.2 Å². The van der Waals surface area contributed by atoms with Gasteiger partial charge < -0.3 is 19.8 Å². The molecule has 0 radical (unpaired) electrons. The molecule has 4 aromatic rings. The number of rotatable bonds is 8. The zero-order valence-corrected chi connectivity index (χ0v) is 22.8. The Morgan fingerprint density at radius 1 is 1.02 bits per heavy atom. The van der Waals surface area contributed by atoms with Crippen molar-refractivity contribution in [3.8, 4) is 11.4 Å². The van der Waals surface area contributed by atoms with Gasteiger partial charge in [0.2, 0.25) is 0 Å². The Kier molecular flexibility index (Phi) is 8.03. The predicted octanol–water partition coefficient (Wildman–Crippen LogP) is 3.04. The molecule has 5 heterocycles. The predicted molar refractivity (Wildman–Crippen MR) is 154 cm³/mol. The van der Waals surface area contributed by atoms with Crippen molar-refractivity contribution in [2.45, 2.75) is 25.4 Å². The molecule has 41 heavy (non-hydrogen) atoms. The number of carbonyl (C=O) groups is 1. The van der Waals surface area contributed by atoms with Gasteiger partial charge in [-0.25, -0.2) is 19.4 Å². The second-order valence-electron chi connectivity index (χ2n) is 10.4. The first-order chi connectivity index (χ1) is 20.1. The molecule has 0 atom stereocenters. The highest BCUT2D eigenvalue weighted by molar-refractivity contribution is 5.89. The molecule has 1 aromatic carbocycles. The summed E-state index contributed by atoms with van der Waals surface area (Å²) < 4.78 is 7.65. The van der Waals surface area contributed by atoms with E-state index in [0.717, 1.165) is 72.9 Å². The van der Waals surface area contributed by atoms with Crippen molar-refractivity contribution in [2.75, 3.05) is 62.3 Å². The van der Waals surface area contributed by atoms with Crippen LogP contribution < -0.4 is 9.80 Å². The minimum atomic E-state index is -1.12. The molecular formula is C29H34N8O4. The van der Waals surface area contributed by atoms with E-state index in [0.29, 0.717) is 24.7 Å². The third-order valence-electron chi connectivity index (χ3n) is 7.77. The van der Waals surface area contributed by atoms with Crippen LogP contribution in [0, 0.1) is 0 Å². The van der Waals surface area contributed by atoms with Crippen molar-refractivity contribution >= 4 is 28.6 Å². The number of piperidine rings is 1. The highest BCUT2D eigenvalue weighted by atomic mass is 16.5. The van der Waals surface area contributed by atoms with Crippen LogP contribution >= 0.6 is 0 Å². The molecule has 12 nitrogen and oxygen atoms in total. The van der Waals surface area contributed by atoms with E-state index in [2.05, 4.69) is 25.5 Å². The smallest absolute Gasteiger partial charge is 0.411 e. The molecule has 2 aliphatic rings. The van der Waals surface area contributed by atoms with Gasteiger partial charge in [0.15, 0.2) is 11.5 Å². The highest BCUT2D eigenvalue weighted by Crippen LogP contribution is 2.32. The van der Waals surface area contributed by atoms with E-state index in [1.54, 1.807) is 18.3 Å². The lowest BCUT2D eigenvalue weighted by Gasteiger charge is -2.32. The average molecular weight is 559 g/mol. The van der Waals surface area contributed by atoms with Crippen LogP contribution in [0.2, 0.25) is 0 Å². The quantitative estimate of drug-likeness (QED) is 0.332. The van der Waals surface area contributed by atoms with Crippen LogP contribution in [0.4, 0.5) is 16.3 Å². The van der Waals surface area contributed by atoms with Gasteiger partial charge >= 0.3 is 6.09 Å². The van der Waals surface area contributed by atoms with Crippen LogP contribution in [0.15, 0.2) is 55.0 Å². The average Bonchev–Trinajstić information content (AvgIpc) is 3.45. The number of nitrogens with zero attached hydrogens (tertiary/aromatic N) is 8. The van der Waals surface area contributed by atoms with E-state index in [9.17, 15) is 15.0 Å². The number of fused-ring (bicyclic) bond motifs is 1. The SMILES string of the molecule is O=C(O)N(CCO)c1ccc(-c2nc(N3CCOCC3)c3cnn(C4CCN(Cc5cccnc5)CC4)c3n2)cc1. The zero-order chi connectivity index (χ0) is 28.2. The topological polar surface area (TPSA) is 133 Å². The number of morpholine rings is 1. The second kappa shape index (κ2) is 12.2. The monoisotopic (exact) mass is 558 g/mol. The summed E-state index contributed by atoms with van der Waals surface area (Å²) in [6.07, 6.45) is 6.43. The number of aliphatic hydroxyl groups is 1. The number of amides is 1. The number of aliphatic hydroxyl groups excluding tert-OH is 1. The molecule has 0 saturated carbocycles. The Balaban J connectivity index is 1.30. The number of benzene rings is 1. The Bertz CT molecular complexity index is 1470. The summed E-state index contributed by atoms with van der Waals surface area (Å²) >= 11 is 0. The first-order valence-corrected chi connectivity index (χ1v) is 14.0. The molecule has 0 unspecified atom stereocenters. The molecule has 12 heteroatoms. The highest BCUT2D eigenvalue weighted by Gasteiger charge is 2.26. The largest absolute Gasteiger partial charge is 0.465 e. The van der Waals surface area contributed by atoms with Crippen molar-refractivity contribution in [3.05, 3.63) is 60.6 Å². The lowest BCUT2D eigenvalue weighted by atomic mass is 10.0. The van der Waals surface area contributed by atoms with E-state index in [4.69, 9.17) is 19.8 Å². The van der Waals surface area contributed by atoms with E-state index < -0.39 is 6.09 Å². The van der Waals surface area contributed by atoms with Crippen LogP contribution in [-0.4, -0.2) is 98.5 Å². The van der Waals surface area contributed by atoms with Gasteiger partial charge in [0.05, 0.1) is 44.0 Å². The number of ether oxygens (including phenoxy) is 1. The van der Waals surface area contributed by atoms with Gasteiger partial charge in [-0.05, 0) is 48.7 Å². The van der Waals surface area contributed by atoms with Crippen molar-refractivity contribution in [3.63, 3.8) is 0 Å². The number of pyridine rings is 1. The van der Waals surface area contributed by atoms with Gasteiger partial charge in [-0.3, -0.25) is 14.8 Å². The van der Waals surface area contributed by atoms with Gasteiger partial charge in [-0.2, -0.15) is 5.10 Å². The Labute approximate surface area is 237 Å². The molecule has 2 aliphatic heterocycles. The lowest BCUT2D eigenvalue weighted by molar-refractivity contribution is 0.122. The van der Waals surface area contributed by atoms with Gasteiger partial charge in [0.25, 0.3) is 0 Å². The zero-order valence-electron chi connectivity index (χ0n) is 22.8. The fourth-order valence-electron chi connectivity index (χ4n) is 5.62. The van der Waals surface area contributed by atoms with Crippen LogP contribution in [0.1, 0.15) is 24.4 Å². The molecule has 2 saturated heterocycles. The molecule has 2 fully saturated rings. The normalized spacial score (nSPS) is 16.8. The third kappa shape index (κ3) is 5.85. The number of aromatic nitrogens is 5. The Hall–Kier alpha value is -4.13. The van der Waals surface area contributed by atoms with Gasteiger partial charge in [-0.15, -0.1) is 0 Å². The van der Waals surface area contributed by atoms with Crippen LogP contribution in [0.5, 0.6) is 0 Å². The molecule has 0 bridgehead atoms. The van der Waals surface area contributed by atoms with Gasteiger partial charge in [0, 0.05) is 56.4 Å². The number of hydrogen-bond acceptors (Lipinski definition) is 9. The van der Waals surface area contributed by atoms with E-state index in [1.807, 2.05) is 30.6 Å². The number of likely N-dealkylation sites (tertiary alicyclic amines) is 1. The number of carboxylic acid groups (broad SMARTS) is 1. The number of anilines is 2. The molecule has 214 valence electrons. The van der Waals surface area contributed by atoms with Gasteiger partial charge in [0.1, 0.15) is 5.82 Å². The second-order valence-corrected chi connectivity index (χ2v) is 10.4. The van der Waals surface area contributed by atoms with Crippen molar-refractivity contribution < 1.29 is 19.7 Å². The first-order valence-electron chi connectivity index (χ1n) is 14.0. The van der Waals surface area contributed by atoms with Crippen LogP contribution in [0.3, 0.4) is 0 Å². The fraction of sp³-hybridized carbons (Fsp3) is 0.414. The standard InChI is InChI=1S/C29H34N8O4/c38-15-12-36(29(39)40)23-5-3-22(4-6-23)26-32-27(35-13-16-41-17-14-35)25-19-31-37(28(25)33-26)24-7-10-34(11-8-24)20-21-2-1-9-30-18-21/h1-6,9,18-19,24,38H,7-8,10-17,20H2,(H,39,40). The van der Waals surface area contributed by atoms with Gasteiger partial charge in [-0.1, -0.05) is 6.07 Å². The van der Waals surface area contributed by atoms with Crippen molar-refractivity contribution in [2.24, 2.45) is 0 Å². The molecule has 1 amide bonds. The minimum Gasteiger partial charge on any atom is -0.465 e. The molecule has 0 spiro atoms. The maximum atomic E-state index is 11.6. The first kappa shape index (κ1) is 27.1. The Morgan fingerprint density at radius 3 is 2.49 bits per heavy atom. The minimum absolute atomic E-state index is 0.00143. The molecular weight excluding hydrogens is 524 g/mol. The fourth-order valence-corrected chi connectivity index (χ4v) is 5.62. The summed E-state index contributed by atoms with van der Waals surface area (Å²) in [7, 11) is 0. The van der Waals surface area contributed by atoms with E-state index in [1.165, 1.54) is 5.56 Å². The summed E-state index contributed by atoms with van der Waals surface area (Å²) in [6.45, 7) is 5.29. The summed E-state index contributed by atoms with van der Waals surface area (Å²) in [6, 6.07) is 11.4. The van der Waals surface area contributed by atoms with Crippen LogP contribution in [-0.2, 0) is 11.3 Å². The summed E-state index contributed by atoms with van der Waals surface area (Å²) in [5.41, 5.74) is 3.28. The lowest BCUT2D eigenvalue weighted by Crippen LogP contribution is -2.37. The van der Waals surface area contributed by atoms with Crippen LogP contribution in [0.25, 0.3) is 22.4 Å². The van der Waals surface area contributed by atoms with Crippen molar-refractivity contribution in [1.82, 2.24) is 29.6 Å². The van der Waals surface area contributed by atoms with E-state index >= 15 is 0 Å². The maximum Gasteiger partial charge on any atom is 0.411 e. The van der Waals surface area contributed by atoms with Crippen molar-refractivity contribution in [1.29, 1.82) is 0 Å². The molecule has 0 aliphatic carbocycles. The molecule has 3 aromatic heterocycles. The Morgan fingerprint density at radius 2 is 1.80 bits per heavy atom. The molecule has 6 rings (SSSR count). The maximum absolute atomic E-state index is 11.6. The number of hydrogen-bond donors (Lipinski definition) is 2. The molecule has 2 N–H and O–H groups in total. The third-order valence-corrected chi connectivity index (χ3v) is 7.77. The summed E-state index contributed by atoms with van der Waals surface area (Å²) in [5, 5.41) is 24.5.